The zero-order valence-electron chi connectivity index (χ0n) is 12.6. The van der Waals surface area contributed by atoms with Gasteiger partial charge in [-0.05, 0) is 74.0 Å². The van der Waals surface area contributed by atoms with Gasteiger partial charge >= 0.3 is 0 Å². The highest BCUT2D eigenvalue weighted by molar-refractivity contribution is 9.10. The van der Waals surface area contributed by atoms with Gasteiger partial charge in [-0.3, -0.25) is 4.79 Å². The summed E-state index contributed by atoms with van der Waals surface area (Å²) in [6.45, 7) is 0. The van der Waals surface area contributed by atoms with Crippen molar-refractivity contribution in [3.63, 3.8) is 0 Å². The Morgan fingerprint density at radius 3 is 2.09 bits per heavy atom. The van der Waals surface area contributed by atoms with E-state index >= 15 is 0 Å². The number of ketones is 1. The molecule has 22 heavy (non-hydrogen) atoms. The lowest BCUT2D eigenvalue weighted by atomic mass is 9.48. The number of Topliss-reactive ketones (excluding diaryl/α,β-unsaturated/α-hetero) is 1. The van der Waals surface area contributed by atoms with Gasteiger partial charge in [0.25, 0.3) is 0 Å². The first kappa shape index (κ1) is 13.7. The van der Waals surface area contributed by atoms with Gasteiger partial charge in [-0.1, -0.05) is 28.1 Å². The molecular weight excluding hydrogens is 340 g/mol. The molecule has 1 heterocycles. The van der Waals surface area contributed by atoms with Crippen LogP contribution in [0.3, 0.4) is 0 Å². The number of carbonyl (C=O) groups excluding carboxylic acids is 1. The molecule has 1 saturated heterocycles. The Labute approximate surface area is 139 Å². The van der Waals surface area contributed by atoms with E-state index in [2.05, 4.69) is 28.1 Å². The van der Waals surface area contributed by atoms with E-state index in [1.807, 2.05) is 12.1 Å². The Morgan fingerprint density at radius 2 is 1.55 bits per heavy atom. The first-order chi connectivity index (χ1) is 10.6. The van der Waals surface area contributed by atoms with Crippen molar-refractivity contribution in [2.75, 3.05) is 0 Å². The fraction of sp³-hybridized carbons (Fsp3) is 0.632. The molecule has 0 unspecified atom stereocenters. The van der Waals surface area contributed by atoms with E-state index < -0.39 is 0 Å². The fourth-order valence-corrected chi connectivity index (χ4v) is 6.20. The van der Waals surface area contributed by atoms with Crippen LogP contribution in [-0.2, 0) is 9.53 Å². The molecule has 3 heteroatoms. The molecule has 4 bridgehead atoms. The van der Waals surface area contributed by atoms with Crippen molar-refractivity contribution >= 4 is 21.7 Å². The zero-order valence-corrected chi connectivity index (χ0v) is 14.2. The average molecular weight is 361 g/mol. The molecule has 2 nitrogen and oxygen atoms in total. The molecule has 0 aromatic heterocycles. The molecule has 4 aliphatic carbocycles. The predicted molar refractivity (Wildman–Crippen MR) is 87.4 cm³/mol. The summed E-state index contributed by atoms with van der Waals surface area (Å²) in [5.41, 5.74) is 1.12. The van der Waals surface area contributed by atoms with E-state index in [9.17, 15) is 4.79 Å². The number of halogens is 1. The van der Waals surface area contributed by atoms with Crippen LogP contribution in [0.25, 0.3) is 0 Å². The van der Waals surface area contributed by atoms with E-state index in [0.717, 1.165) is 47.1 Å². The molecule has 4 saturated carbocycles. The Balaban J connectivity index is 1.36. The van der Waals surface area contributed by atoms with Crippen LogP contribution in [0.15, 0.2) is 28.7 Å². The van der Waals surface area contributed by atoms with Gasteiger partial charge in [0.15, 0.2) is 5.78 Å². The third kappa shape index (κ3) is 2.05. The van der Waals surface area contributed by atoms with Gasteiger partial charge in [0.05, 0.1) is 0 Å². The second kappa shape index (κ2) is 4.67. The van der Waals surface area contributed by atoms with Crippen LogP contribution in [0, 0.1) is 23.2 Å². The van der Waals surface area contributed by atoms with Crippen LogP contribution in [0.1, 0.15) is 50.2 Å². The molecule has 2 atom stereocenters. The molecule has 0 amide bonds. The molecule has 0 radical (unpaired) electrons. The van der Waals surface area contributed by atoms with Crippen LogP contribution >= 0.6 is 15.9 Å². The van der Waals surface area contributed by atoms with E-state index in [-0.39, 0.29) is 17.6 Å². The van der Waals surface area contributed by atoms with Crippen LogP contribution in [0.2, 0.25) is 0 Å². The van der Waals surface area contributed by atoms with Gasteiger partial charge in [-0.15, -0.1) is 0 Å². The second-order valence-electron chi connectivity index (χ2n) is 8.09. The minimum Gasteiger partial charge on any atom is -0.356 e. The monoisotopic (exact) mass is 360 g/mol. The molecule has 1 aliphatic heterocycles. The van der Waals surface area contributed by atoms with Crippen LogP contribution in [0.5, 0.6) is 0 Å². The average Bonchev–Trinajstić information content (AvgIpc) is 3.26. The lowest BCUT2D eigenvalue weighted by Gasteiger charge is -2.55. The summed E-state index contributed by atoms with van der Waals surface area (Å²) in [6, 6.07) is 8.20. The van der Waals surface area contributed by atoms with Gasteiger partial charge in [0, 0.05) is 9.89 Å². The SMILES string of the molecule is O=C([C@H]1O[C@@H]1c1ccc(Br)cc1)C12CC3CC(CC(C3)C1)C2. The molecule has 1 aromatic rings. The van der Waals surface area contributed by atoms with Gasteiger partial charge in [0.1, 0.15) is 12.2 Å². The van der Waals surface area contributed by atoms with Gasteiger partial charge in [-0.2, -0.15) is 0 Å². The number of hydrogen-bond donors (Lipinski definition) is 0. The maximum Gasteiger partial charge on any atom is 0.170 e. The Kier molecular flexibility index (Phi) is 2.92. The standard InChI is InChI=1S/C19H21BrO2/c20-15-3-1-14(2-4-15)16-17(22-16)18(21)19-8-11-5-12(9-19)7-13(6-11)10-19/h1-4,11-13,16-17H,5-10H2/t11?,12?,13?,16-,17+,19?/m1/s1. The number of ether oxygens (including phenoxy) is 1. The van der Waals surface area contributed by atoms with Crippen molar-refractivity contribution in [2.24, 2.45) is 23.2 Å². The highest BCUT2D eigenvalue weighted by atomic mass is 79.9. The van der Waals surface area contributed by atoms with Gasteiger partial charge in [-0.25, -0.2) is 0 Å². The molecule has 1 aromatic carbocycles. The number of benzene rings is 1. The van der Waals surface area contributed by atoms with E-state index in [1.54, 1.807) is 0 Å². The molecular formula is C19H21BrO2. The number of hydrogen-bond acceptors (Lipinski definition) is 2. The molecule has 116 valence electrons. The van der Waals surface area contributed by atoms with Crippen LogP contribution < -0.4 is 0 Å². The van der Waals surface area contributed by atoms with Crippen molar-refractivity contribution in [3.05, 3.63) is 34.3 Å². The molecule has 0 N–H and O–H groups in total. The van der Waals surface area contributed by atoms with Crippen LogP contribution in [0.4, 0.5) is 0 Å². The summed E-state index contributed by atoms with van der Waals surface area (Å²) in [6.07, 6.45) is 7.42. The van der Waals surface area contributed by atoms with Crippen molar-refractivity contribution in [1.82, 2.24) is 0 Å². The Bertz CT molecular complexity index is 586. The van der Waals surface area contributed by atoms with Crippen molar-refractivity contribution in [2.45, 2.75) is 50.7 Å². The van der Waals surface area contributed by atoms with Crippen molar-refractivity contribution < 1.29 is 9.53 Å². The quantitative estimate of drug-likeness (QED) is 0.732. The summed E-state index contributed by atoms with van der Waals surface area (Å²) in [5, 5.41) is 0. The predicted octanol–water partition coefficient (Wildman–Crippen LogP) is 4.67. The van der Waals surface area contributed by atoms with Crippen molar-refractivity contribution in [1.29, 1.82) is 0 Å². The third-order valence-corrected chi connectivity index (χ3v) is 7.04. The maximum atomic E-state index is 13.2. The Hall–Kier alpha value is -0.670. The lowest BCUT2D eigenvalue weighted by molar-refractivity contribution is -0.145. The first-order valence-corrected chi connectivity index (χ1v) is 9.37. The number of carbonyl (C=O) groups is 1. The fourth-order valence-electron chi connectivity index (χ4n) is 5.93. The summed E-state index contributed by atoms with van der Waals surface area (Å²) in [7, 11) is 0. The van der Waals surface area contributed by atoms with Crippen molar-refractivity contribution in [3.8, 4) is 0 Å². The molecule has 5 fully saturated rings. The topological polar surface area (TPSA) is 29.6 Å². The minimum absolute atomic E-state index is 0.00797. The maximum absolute atomic E-state index is 13.2. The molecule has 5 aliphatic rings. The molecule has 6 rings (SSSR count). The summed E-state index contributed by atoms with van der Waals surface area (Å²) in [5.74, 6) is 2.89. The smallest absolute Gasteiger partial charge is 0.170 e. The second-order valence-corrected chi connectivity index (χ2v) is 9.01. The summed E-state index contributed by atoms with van der Waals surface area (Å²) < 4.78 is 6.90. The first-order valence-electron chi connectivity index (χ1n) is 8.58. The Morgan fingerprint density at radius 1 is 1.00 bits per heavy atom. The summed E-state index contributed by atoms with van der Waals surface area (Å²) in [4.78, 5) is 13.2. The number of epoxide rings is 1. The van der Waals surface area contributed by atoms with Gasteiger partial charge in [0.2, 0.25) is 0 Å². The largest absolute Gasteiger partial charge is 0.356 e. The highest BCUT2D eigenvalue weighted by Crippen LogP contribution is 2.62. The number of rotatable bonds is 3. The van der Waals surface area contributed by atoms with Crippen LogP contribution in [-0.4, -0.2) is 11.9 Å². The molecule has 0 spiro atoms. The summed E-state index contributed by atoms with van der Waals surface area (Å²) >= 11 is 3.46. The third-order valence-electron chi connectivity index (χ3n) is 6.51. The van der Waals surface area contributed by atoms with E-state index in [1.165, 1.54) is 19.3 Å². The van der Waals surface area contributed by atoms with Gasteiger partial charge < -0.3 is 4.74 Å². The minimum atomic E-state index is -0.169. The normalized spacial score (nSPS) is 45.0. The van der Waals surface area contributed by atoms with E-state index in [4.69, 9.17) is 4.74 Å². The van der Waals surface area contributed by atoms with E-state index in [0.29, 0.717) is 5.78 Å². The highest BCUT2D eigenvalue weighted by Gasteiger charge is 2.60. The lowest BCUT2D eigenvalue weighted by Crippen LogP contribution is -2.51. The zero-order chi connectivity index (χ0) is 14.9.